The van der Waals surface area contributed by atoms with Crippen LogP contribution in [0.1, 0.15) is 11.3 Å². The first-order chi connectivity index (χ1) is 17.4. The van der Waals surface area contributed by atoms with E-state index in [0.29, 0.717) is 43.9 Å². The predicted octanol–water partition coefficient (Wildman–Crippen LogP) is 4.87. The van der Waals surface area contributed by atoms with Crippen molar-refractivity contribution in [1.29, 1.82) is 0 Å². The van der Waals surface area contributed by atoms with Crippen molar-refractivity contribution in [3.8, 4) is 17.2 Å². The van der Waals surface area contributed by atoms with Gasteiger partial charge in [-0.05, 0) is 42.0 Å². The zero-order valence-corrected chi connectivity index (χ0v) is 20.5. The van der Waals surface area contributed by atoms with E-state index in [9.17, 15) is 14.9 Å². The third-order valence-electron chi connectivity index (χ3n) is 5.22. The van der Waals surface area contributed by atoms with Gasteiger partial charge in [-0.2, -0.15) is 0 Å². The zero-order valence-electron chi connectivity index (χ0n) is 19.7. The molecule has 184 valence electrons. The van der Waals surface area contributed by atoms with Crippen molar-refractivity contribution >= 4 is 44.4 Å². The van der Waals surface area contributed by atoms with E-state index >= 15 is 0 Å². The minimum atomic E-state index is -0.463. The number of carbonyl (C=O) groups excluding carboxylic acids is 1. The van der Waals surface area contributed by atoms with Crippen LogP contribution in [0.4, 0.5) is 10.8 Å². The van der Waals surface area contributed by atoms with Crippen molar-refractivity contribution in [3.63, 3.8) is 0 Å². The van der Waals surface area contributed by atoms with Crippen LogP contribution in [0.3, 0.4) is 0 Å². The number of fused-ring (bicyclic) bond motifs is 1. The summed E-state index contributed by atoms with van der Waals surface area (Å²) < 4.78 is 16.7. The number of nitro benzene ring substituents is 1. The van der Waals surface area contributed by atoms with Crippen LogP contribution in [-0.4, -0.2) is 42.1 Å². The number of nitrogens with zero attached hydrogens (tertiary/aromatic N) is 4. The number of aromatic nitrogens is 2. The summed E-state index contributed by atoms with van der Waals surface area (Å²) in [4.78, 5) is 34.4. The van der Waals surface area contributed by atoms with Gasteiger partial charge in [-0.3, -0.25) is 24.8 Å². The van der Waals surface area contributed by atoms with E-state index in [1.54, 1.807) is 42.6 Å². The molecule has 2 heterocycles. The molecule has 0 spiro atoms. The maximum absolute atomic E-state index is 13.4. The number of nitro groups is 1. The second-order valence-electron chi connectivity index (χ2n) is 7.44. The van der Waals surface area contributed by atoms with Crippen LogP contribution in [0.2, 0.25) is 0 Å². The van der Waals surface area contributed by atoms with E-state index < -0.39 is 4.92 Å². The number of benzene rings is 2. The van der Waals surface area contributed by atoms with Gasteiger partial charge in [0.25, 0.3) is 11.6 Å². The minimum Gasteiger partial charge on any atom is -0.493 e. The van der Waals surface area contributed by atoms with Gasteiger partial charge in [0.1, 0.15) is 0 Å². The molecule has 0 radical (unpaired) electrons. The summed E-state index contributed by atoms with van der Waals surface area (Å²) >= 11 is 1.19. The standard InChI is InChI=1S/C25H22N4O6S/c1-33-20-12-16(13-21(34-2)24(20)35-3)7-10-23(30)28(15-17-6-4-5-11-26-17)25-27-19-9-8-18(29(31)32)14-22(19)36-25/h4-14H,15H2,1-3H3/b10-7+. The van der Waals surface area contributed by atoms with E-state index in [1.165, 1.54) is 55.8 Å². The highest BCUT2D eigenvalue weighted by Crippen LogP contribution is 2.38. The number of rotatable bonds is 9. The first-order valence-electron chi connectivity index (χ1n) is 10.7. The van der Waals surface area contributed by atoms with Crippen molar-refractivity contribution < 1.29 is 23.9 Å². The fourth-order valence-corrected chi connectivity index (χ4v) is 4.48. The number of anilines is 1. The Bertz CT molecular complexity index is 1410. The molecule has 0 aliphatic rings. The highest BCUT2D eigenvalue weighted by atomic mass is 32.1. The molecule has 0 saturated heterocycles. The number of hydrogen-bond donors (Lipinski definition) is 0. The van der Waals surface area contributed by atoms with Crippen LogP contribution in [0.15, 0.2) is 60.8 Å². The lowest BCUT2D eigenvalue weighted by Gasteiger charge is -2.18. The van der Waals surface area contributed by atoms with E-state index in [0.717, 1.165) is 0 Å². The number of carbonyl (C=O) groups is 1. The first kappa shape index (κ1) is 24.6. The average Bonchev–Trinajstić information content (AvgIpc) is 3.33. The molecule has 1 amide bonds. The van der Waals surface area contributed by atoms with Crippen molar-refractivity contribution in [2.45, 2.75) is 6.54 Å². The van der Waals surface area contributed by atoms with Crippen LogP contribution < -0.4 is 19.1 Å². The van der Waals surface area contributed by atoms with Crippen LogP contribution in [-0.2, 0) is 11.3 Å². The van der Waals surface area contributed by atoms with Gasteiger partial charge in [-0.25, -0.2) is 4.98 Å². The number of amides is 1. The minimum absolute atomic E-state index is 0.0393. The fraction of sp³-hybridized carbons (Fsp3) is 0.160. The second kappa shape index (κ2) is 10.8. The van der Waals surface area contributed by atoms with E-state index in [-0.39, 0.29) is 18.1 Å². The second-order valence-corrected chi connectivity index (χ2v) is 8.45. The maximum atomic E-state index is 13.4. The summed E-state index contributed by atoms with van der Waals surface area (Å²) in [7, 11) is 4.55. The lowest BCUT2D eigenvalue weighted by molar-refractivity contribution is -0.384. The quantitative estimate of drug-likeness (QED) is 0.179. The van der Waals surface area contributed by atoms with Crippen molar-refractivity contribution in [2.24, 2.45) is 0 Å². The van der Waals surface area contributed by atoms with E-state index in [1.807, 2.05) is 6.07 Å². The molecule has 11 heteroatoms. The van der Waals surface area contributed by atoms with Crippen LogP contribution in [0, 0.1) is 10.1 Å². The largest absolute Gasteiger partial charge is 0.493 e. The molecule has 0 fully saturated rings. The molecule has 10 nitrogen and oxygen atoms in total. The molecule has 4 aromatic rings. The lowest BCUT2D eigenvalue weighted by atomic mass is 10.1. The Morgan fingerprint density at radius 2 is 1.83 bits per heavy atom. The average molecular weight is 507 g/mol. The zero-order chi connectivity index (χ0) is 25.7. The SMILES string of the molecule is COc1cc(/C=C/C(=O)N(Cc2ccccn2)c2nc3ccc([N+](=O)[O-])cc3s2)cc(OC)c1OC. The normalized spacial score (nSPS) is 11.0. The van der Waals surface area contributed by atoms with Gasteiger partial charge >= 0.3 is 0 Å². The number of thiazole rings is 1. The topological polar surface area (TPSA) is 117 Å². The Morgan fingerprint density at radius 3 is 2.44 bits per heavy atom. The number of non-ortho nitro benzene ring substituents is 1. The van der Waals surface area contributed by atoms with E-state index in [2.05, 4.69) is 9.97 Å². The summed E-state index contributed by atoms with van der Waals surface area (Å²) in [6, 6.07) is 13.3. The molecule has 4 rings (SSSR count). The third kappa shape index (κ3) is 5.26. The third-order valence-corrected chi connectivity index (χ3v) is 6.26. The monoisotopic (exact) mass is 506 g/mol. The molecular formula is C25H22N4O6S. The van der Waals surface area contributed by atoms with Gasteiger partial charge in [0, 0.05) is 24.4 Å². The Kier molecular flexibility index (Phi) is 7.40. The van der Waals surface area contributed by atoms with Gasteiger partial charge in [0.05, 0.1) is 48.7 Å². The highest BCUT2D eigenvalue weighted by molar-refractivity contribution is 7.22. The van der Waals surface area contributed by atoms with Gasteiger partial charge in [0.2, 0.25) is 5.75 Å². The summed E-state index contributed by atoms with van der Waals surface area (Å²) in [5, 5.41) is 11.6. The summed E-state index contributed by atoms with van der Waals surface area (Å²) in [6.07, 6.45) is 4.69. The summed E-state index contributed by atoms with van der Waals surface area (Å²) in [6.45, 7) is 0.168. The Balaban J connectivity index is 1.70. The van der Waals surface area contributed by atoms with Gasteiger partial charge in [0.15, 0.2) is 16.6 Å². The summed E-state index contributed by atoms with van der Waals surface area (Å²) in [5.74, 6) is 1.02. The Labute approximate surface area is 210 Å². The number of ether oxygens (including phenoxy) is 3. The summed E-state index contributed by atoms with van der Waals surface area (Å²) in [5.41, 5.74) is 1.85. The van der Waals surface area contributed by atoms with Crippen molar-refractivity contribution in [3.05, 3.63) is 82.2 Å². The van der Waals surface area contributed by atoms with Crippen LogP contribution in [0.5, 0.6) is 17.2 Å². The molecular weight excluding hydrogens is 484 g/mol. The number of pyridine rings is 1. The first-order valence-corrected chi connectivity index (χ1v) is 11.5. The van der Waals surface area contributed by atoms with Gasteiger partial charge < -0.3 is 14.2 Å². The molecule has 2 aromatic heterocycles. The smallest absolute Gasteiger partial charge is 0.270 e. The molecule has 0 atom stereocenters. The molecule has 0 unspecified atom stereocenters. The van der Waals surface area contributed by atoms with Crippen molar-refractivity contribution in [2.75, 3.05) is 26.2 Å². The molecule has 0 bridgehead atoms. The maximum Gasteiger partial charge on any atom is 0.270 e. The fourth-order valence-electron chi connectivity index (χ4n) is 3.48. The lowest BCUT2D eigenvalue weighted by Crippen LogP contribution is -2.29. The van der Waals surface area contributed by atoms with Crippen molar-refractivity contribution in [1.82, 2.24) is 9.97 Å². The van der Waals surface area contributed by atoms with Crippen LogP contribution >= 0.6 is 11.3 Å². The predicted molar refractivity (Wildman–Crippen MR) is 137 cm³/mol. The molecule has 0 N–H and O–H groups in total. The molecule has 2 aromatic carbocycles. The van der Waals surface area contributed by atoms with Gasteiger partial charge in [-0.15, -0.1) is 0 Å². The van der Waals surface area contributed by atoms with E-state index in [4.69, 9.17) is 14.2 Å². The highest BCUT2D eigenvalue weighted by Gasteiger charge is 2.20. The number of hydrogen-bond acceptors (Lipinski definition) is 9. The number of methoxy groups -OCH3 is 3. The Morgan fingerprint density at radius 1 is 1.08 bits per heavy atom. The molecule has 36 heavy (non-hydrogen) atoms. The molecule has 0 aliphatic heterocycles. The Hall–Kier alpha value is -4.51. The molecule has 0 aliphatic carbocycles. The van der Waals surface area contributed by atoms with Crippen LogP contribution in [0.25, 0.3) is 16.3 Å². The van der Waals surface area contributed by atoms with Gasteiger partial charge in [-0.1, -0.05) is 17.4 Å². The molecule has 0 saturated carbocycles.